The van der Waals surface area contributed by atoms with Crippen molar-refractivity contribution in [2.75, 3.05) is 7.11 Å². The molecule has 2 rings (SSSR count). The predicted octanol–water partition coefficient (Wildman–Crippen LogP) is 2.69. The Balaban J connectivity index is 2.15. The van der Waals surface area contributed by atoms with Crippen molar-refractivity contribution >= 4 is 0 Å². The van der Waals surface area contributed by atoms with Crippen LogP contribution in [0, 0.1) is 0 Å². The van der Waals surface area contributed by atoms with Crippen molar-refractivity contribution in [2.24, 2.45) is 5.73 Å². The van der Waals surface area contributed by atoms with Gasteiger partial charge in [0.2, 0.25) is 5.88 Å². The third-order valence-corrected chi connectivity index (χ3v) is 2.84. The van der Waals surface area contributed by atoms with Crippen molar-refractivity contribution in [3.8, 4) is 11.6 Å². The molecule has 100 valence electrons. The average Bonchev–Trinajstić information content (AvgIpc) is 2.45. The molecule has 0 aliphatic carbocycles. The lowest BCUT2D eigenvalue weighted by Crippen LogP contribution is -2.08. The zero-order valence-corrected chi connectivity index (χ0v) is 11.2. The monoisotopic (exact) mass is 258 g/mol. The van der Waals surface area contributed by atoms with Gasteiger partial charge in [0.05, 0.1) is 12.7 Å². The highest BCUT2D eigenvalue weighted by molar-refractivity contribution is 5.36. The quantitative estimate of drug-likeness (QED) is 0.895. The number of benzene rings is 1. The lowest BCUT2D eigenvalue weighted by Gasteiger charge is -2.14. The third kappa shape index (κ3) is 3.23. The lowest BCUT2D eigenvalue weighted by molar-refractivity contribution is 0.290. The molecule has 0 saturated carbocycles. The molecule has 0 amide bonds. The summed E-state index contributed by atoms with van der Waals surface area (Å²) in [6, 6.07) is 11.5. The number of ether oxygens (including phenoxy) is 2. The number of nitrogens with two attached hydrogens (primary N) is 1. The van der Waals surface area contributed by atoms with Gasteiger partial charge in [0, 0.05) is 17.8 Å². The minimum atomic E-state index is -0.0630. The molecule has 2 aromatic rings. The van der Waals surface area contributed by atoms with Gasteiger partial charge in [-0.2, -0.15) is 0 Å². The van der Waals surface area contributed by atoms with Crippen LogP contribution in [0.2, 0.25) is 0 Å². The van der Waals surface area contributed by atoms with Gasteiger partial charge >= 0.3 is 0 Å². The highest BCUT2D eigenvalue weighted by atomic mass is 16.5. The molecule has 2 N–H and O–H groups in total. The summed E-state index contributed by atoms with van der Waals surface area (Å²) in [5, 5.41) is 0. The fourth-order valence-electron chi connectivity index (χ4n) is 1.86. The van der Waals surface area contributed by atoms with E-state index in [0.717, 1.165) is 16.9 Å². The van der Waals surface area contributed by atoms with Gasteiger partial charge in [-0.1, -0.05) is 18.2 Å². The van der Waals surface area contributed by atoms with Crippen LogP contribution in [0.25, 0.3) is 0 Å². The Morgan fingerprint density at radius 2 is 2.00 bits per heavy atom. The first kappa shape index (κ1) is 13.4. The van der Waals surface area contributed by atoms with E-state index in [2.05, 4.69) is 4.98 Å². The first-order valence-corrected chi connectivity index (χ1v) is 6.17. The van der Waals surface area contributed by atoms with E-state index in [1.807, 2.05) is 43.3 Å². The molecule has 0 spiro atoms. The Morgan fingerprint density at radius 1 is 1.21 bits per heavy atom. The minimum absolute atomic E-state index is 0.0630. The summed E-state index contributed by atoms with van der Waals surface area (Å²) in [4.78, 5) is 4.14. The van der Waals surface area contributed by atoms with Gasteiger partial charge in [-0.25, -0.2) is 4.98 Å². The lowest BCUT2D eigenvalue weighted by atomic mass is 10.1. The third-order valence-electron chi connectivity index (χ3n) is 2.84. The molecule has 1 aromatic heterocycles. The number of aromatic nitrogens is 1. The highest BCUT2D eigenvalue weighted by Crippen LogP contribution is 2.25. The second-order valence-electron chi connectivity index (χ2n) is 4.29. The van der Waals surface area contributed by atoms with E-state index < -0.39 is 0 Å². The second kappa shape index (κ2) is 6.20. The summed E-state index contributed by atoms with van der Waals surface area (Å²) < 4.78 is 11.0. The smallest absolute Gasteiger partial charge is 0.219 e. The minimum Gasteiger partial charge on any atom is -0.488 e. The zero-order valence-electron chi connectivity index (χ0n) is 11.2. The Bertz CT molecular complexity index is 541. The normalized spacial score (nSPS) is 11.9. The van der Waals surface area contributed by atoms with Gasteiger partial charge in [-0.05, 0) is 25.1 Å². The van der Waals surface area contributed by atoms with Crippen molar-refractivity contribution < 1.29 is 9.47 Å². The van der Waals surface area contributed by atoms with Crippen molar-refractivity contribution in [1.82, 2.24) is 4.98 Å². The van der Waals surface area contributed by atoms with E-state index in [1.165, 1.54) is 0 Å². The molecule has 0 aliphatic rings. The van der Waals surface area contributed by atoms with Crippen LogP contribution in [0.15, 0.2) is 42.6 Å². The van der Waals surface area contributed by atoms with Gasteiger partial charge in [0.25, 0.3) is 0 Å². The molecule has 1 unspecified atom stereocenters. The summed E-state index contributed by atoms with van der Waals surface area (Å²) in [7, 11) is 1.60. The molecule has 4 heteroatoms. The van der Waals surface area contributed by atoms with Crippen LogP contribution < -0.4 is 15.2 Å². The SMILES string of the molecule is COc1ncccc1COc1ccccc1C(C)N. The van der Waals surface area contributed by atoms with Crippen LogP contribution in [-0.4, -0.2) is 12.1 Å². The van der Waals surface area contributed by atoms with Crippen molar-refractivity contribution in [3.05, 3.63) is 53.7 Å². The van der Waals surface area contributed by atoms with Crippen LogP contribution in [0.3, 0.4) is 0 Å². The van der Waals surface area contributed by atoms with E-state index in [0.29, 0.717) is 12.5 Å². The number of nitrogens with zero attached hydrogens (tertiary/aromatic N) is 1. The summed E-state index contributed by atoms with van der Waals surface area (Å²) >= 11 is 0. The Morgan fingerprint density at radius 3 is 2.74 bits per heavy atom. The summed E-state index contributed by atoms with van der Waals surface area (Å²) in [5.74, 6) is 1.38. The fraction of sp³-hybridized carbons (Fsp3) is 0.267. The van der Waals surface area contributed by atoms with Crippen molar-refractivity contribution in [1.29, 1.82) is 0 Å². The van der Waals surface area contributed by atoms with E-state index in [-0.39, 0.29) is 6.04 Å². The molecular weight excluding hydrogens is 240 g/mol. The highest BCUT2D eigenvalue weighted by Gasteiger charge is 2.09. The van der Waals surface area contributed by atoms with E-state index in [9.17, 15) is 0 Å². The van der Waals surface area contributed by atoms with Gasteiger partial charge in [-0.15, -0.1) is 0 Å². The summed E-state index contributed by atoms with van der Waals surface area (Å²) in [5.41, 5.74) is 7.82. The zero-order chi connectivity index (χ0) is 13.7. The first-order valence-electron chi connectivity index (χ1n) is 6.17. The van der Waals surface area contributed by atoms with Gasteiger partial charge in [-0.3, -0.25) is 0 Å². The maximum Gasteiger partial charge on any atom is 0.219 e. The van der Waals surface area contributed by atoms with E-state index in [1.54, 1.807) is 13.3 Å². The standard InChI is InChI=1S/C15H18N2O2/c1-11(16)13-7-3-4-8-14(13)19-10-12-6-5-9-17-15(12)18-2/h3-9,11H,10,16H2,1-2H3. The number of hydrogen-bond acceptors (Lipinski definition) is 4. The number of pyridine rings is 1. The Kier molecular flexibility index (Phi) is 4.36. The van der Waals surface area contributed by atoms with Gasteiger partial charge in [0.15, 0.2) is 0 Å². The molecule has 4 nitrogen and oxygen atoms in total. The van der Waals surface area contributed by atoms with Crippen LogP contribution in [0.4, 0.5) is 0 Å². The number of rotatable bonds is 5. The van der Waals surface area contributed by atoms with Crippen LogP contribution >= 0.6 is 0 Å². The van der Waals surface area contributed by atoms with E-state index >= 15 is 0 Å². The predicted molar refractivity (Wildman–Crippen MR) is 74.2 cm³/mol. The first-order chi connectivity index (χ1) is 9.22. The molecule has 1 aromatic carbocycles. The fourth-order valence-corrected chi connectivity index (χ4v) is 1.86. The molecular formula is C15H18N2O2. The van der Waals surface area contributed by atoms with Gasteiger partial charge < -0.3 is 15.2 Å². The van der Waals surface area contributed by atoms with Gasteiger partial charge in [0.1, 0.15) is 12.4 Å². The second-order valence-corrected chi connectivity index (χ2v) is 4.29. The average molecular weight is 258 g/mol. The topological polar surface area (TPSA) is 57.4 Å². The number of methoxy groups -OCH3 is 1. The number of hydrogen-bond donors (Lipinski definition) is 1. The molecule has 0 saturated heterocycles. The molecule has 1 heterocycles. The summed E-state index contributed by atoms with van der Waals surface area (Å²) in [6.45, 7) is 2.34. The van der Waals surface area contributed by atoms with Crippen molar-refractivity contribution in [3.63, 3.8) is 0 Å². The molecule has 0 fully saturated rings. The largest absolute Gasteiger partial charge is 0.488 e. The molecule has 1 atom stereocenters. The maximum atomic E-state index is 5.92. The number of para-hydroxylation sites is 1. The molecule has 0 aliphatic heterocycles. The van der Waals surface area contributed by atoms with Crippen LogP contribution in [-0.2, 0) is 6.61 Å². The van der Waals surface area contributed by atoms with Crippen molar-refractivity contribution in [2.45, 2.75) is 19.6 Å². The summed E-state index contributed by atoms with van der Waals surface area (Å²) in [6.07, 6.45) is 1.69. The molecule has 0 radical (unpaired) electrons. The van der Waals surface area contributed by atoms with E-state index in [4.69, 9.17) is 15.2 Å². The molecule has 19 heavy (non-hydrogen) atoms. The maximum absolute atomic E-state index is 5.92. The Labute approximate surface area is 113 Å². The van der Waals surface area contributed by atoms with Crippen LogP contribution in [0.5, 0.6) is 11.6 Å². The molecule has 0 bridgehead atoms. The van der Waals surface area contributed by atoms with Crippen LogP contribution in [0.1, 0.15) is 24.1 Å². The Hall–Kier alpha value is -2.07.